The van der Waals surface area contributed by atoms with Crippen LogP contribution in [0, 0.1) is 0 Å². The van der Waals surface area contributed by atoms with Crippen LogP contribution in [-0.4, -0.2) is 33.1 Å². The van der Waals surface area contributed by atoms with E-state index in [0.717, 1.165) is 28.9 Å². The second-order valence-electron chi connectivity index (χ2n) is 6.62. The summed E-state index contributed by atoms with van der Waals surface area (Å²) in [5.74, 6) is 1.90. The Morgan fingerprint density at radius 2 is 2.00 bits per heavy atom. The lowest BCUT2D eigenvalue weighted by atomic mass is 10.1. The van der Waals surface area contributed by atoms with Gasteiger partial charge in [0, 0.05) is 18.2 Å². The minimum Gasteiger partial charge on any atom is -0.497 e. The average Bonchev–Trinajstić information content (AvgIpc) is 3.15. The number of carbonyl (C=O) groups is 1. The number of nitrogens with one attached hydrogen (secondary N) is 1. The summed E-state index contributed by atoms with van der Waals surface area (Å²) < 4.78 is 6.83. The molecule has 0 amide bonds. The number of ether oxygens (including phenoxy) is 1. The smallest absolute Gasteiger partial charge is 0.254 e. The third-order valence-electron chi connectivity index (χ3n) is 4.24. The summed E-state index contributed by atoms with van der Waals surface area (Å²) in [7, 11) is 1.64. The van der Waals surface area contributed by atoms with E-state index in [1.54, 1.807) is 30.1 Å². The summed E-state index contributed by atoms with van der Waals surface area (Å²) in [5, 5.41) is 7.97. The molecule has 0 aliphatic rings. The monoisotopic (exact) mass is 411 g/mol. The van der Waals surface area contributed by atoms with Crippen LogP contribution >= 0.6 is 11.6 Å². The van der Waals surface area contributed by atoms with Gasteiger partial charge in [0.25, 0.3) is 5.95 Å². The Kier molecular flexibility index (Phi) is 6.61. The first-order chi connectivity index (χ1) is 14.0. The molecule has 0 aliphatic heterocycles. The molecule has 3 aromatic rings. The van der Waals surface area contributed by atoms with Crippen LogP contribution in [0.5, 0.6) is 5.75 Å². The second-order valence-corrected chi connectivity index (χ2v) is 7.01. The van der Waals surface area contributed by atoms with Crippen LogP contribution in [0.25, 0.3) is 12.0 Å². The fraction of sp³-hybridized carbons (Fsp3) is 0.238. The first-order valence-corrected chi connectivity index (χ1v) is 9.51. The summed E-state index contributed by atoms with van der Waals surface area (Å²) in [6.07, 6.45) is 5.58. The molecule has 1 N–H and O–H groups in total. The van der Waals surface area contributed by atoms with Crippen molar-refractivity contribution in [2.45, 2.75) is 26.3 Å². The van der Waals surface area contributed by atoms with Crippen molar-refractivity contribution in [2.24, 2.45) is 0 Å². The highest BCUT2D eigenvalue weighted by Gasteiger charge is 2.17. The Labute approximate surface area is 174 Å². The van der Waals surface area contributed by atoms with E-state index in [-0.39, 0.29) is 5.92 Å². The predicted octanol–water partition coefficient (Wildman–Crippen LogP) is 4.27. The molecule has 7 nitrogen and oxygen atoms in total. The molecule has 8 heteroatoms. The van der Waals surface area contributed by atoms with E-state index < -0.39 is 0 Å². The molecule has 0 radical (unpaired) electrons. The summed E-state index contributed by atoms with van der Waals surface area (Å²) in [4.78, 5) is 19.6. The minimum atomic E-state index is 0.141. The molecule has 0 atom stereocenters. The van der Waals surface area contributed by atoms with Crippen LogP contribution in [0.3, 0.4) is 0 Å². The largest absolute Gasteiger partial charge is 0.497 e. The van der Waals surface area contributed by atoms with Gasteiger partial charge in [-0.1, -0.05) is 37.6 Å². The molecule has 1 aromatic carbocycles. The summed E-state index contributed by atoms with van der Waals surface area (Å²) in [6, 6.07) is 9.43. The third-order valence-corrected chi connectivity index (χ3v) is 4.44. The number of aldehydes is 1. The van der Waals surface area contributed by atoms with Crippen LogP contribution in [0.2, 0.25) is 5.15 Å². The molecule has 0 unspecified atom stereocenters. The molecule has 2 aromatic heterocycles. The summed E-state index contributed by atoms with van der Waals surface area (Å²) in [5.41, 5.74) is 2.81. The van der Waals surface area contributed by atoms with Crippen molar-refractivity contribution in [1.82, 2.24) is 19.7 Å². The number of nitrogens with zero attached hydrogens (tertiary/aromatic N) is 4. The van der Waals surface area contributed by atoms with E-state index in [0.29, 0.717) is 23.5 Å². The van der Waals surface area contributed by atoms with Gasteiger partial charge in [-0.15, -0.1) is 0 Å². The van der Waals surface area contributed by atoms with Crippen molar-refractivity contribution in [3.63, 3.8) is 0 Å². The molecular formula is C21H22ClN5O2. The standard InChI is InChI=1S/C21H22ClN5O2/c1-14(2)20-16(5-4-10-28)13-24-27(20)21-25-18(22)11-19(26-21)23-12-15-6-8-17(29-3)9-7-15/h4-11,13-14H,12H2,1-3H3,(H,23,25,26)/b5-4+. The number of anilines is 1. The molecule has 0 saturated heterocycles. The van der Waals surface area contributed by atoms with E-state index in [1.165, 1.54) is 6.08 Å². The Morgan fingerprint density at radius 3 is 2.66 bits per heavy atom. The maximum Gasteiger partial charge on any atom is 0.254 e. The zero-order valence-electron chi connectivity index (χ0n) is 16.5. The topological polar surface area (TPSA) is 81.9 Å². The molecule has 2 heterocycles. The van der Waals surface area contributed by atoms with Crippen molar-refractivity contribution in [1.29, 1.82) is 0 Å². The SMILES string of the molecule is COc1ccc(CNc2cc(Cl)nc(-n3ncc(/C=C/C=O)c3C(C)C)n2)cc1. The first-order valence-electron chi connectivity index (χ1n) is 9.13. The second kappa shape index (κ2) is 9.34. The van der Waals surface area contributed by atoms with Crippen molar-refractivity contribution in [2.75, 3.05) is 12.4 Å². The van der Waals surface area contributed by atoms with E-state index in [2.05, 4.69) is 20.4 Å². The lowest BCUT2D eigenvalue weighted by molar-refractivity contribution is -0.104. The molecule has 29 heavy (non-hydrogen) atoms. The van der Waals surface area contributed by atoms with E-state index in [1.807, 2.05) is 38.1 Å². The van der Waals surface area contributed by atoms with Crippen molar-refractivity contribution >= 4 is 29.8 Å². The number of methoxy groups -OCH3 is 1. The van der Waals surface area contributed by atoms with Gasteiger partial charge in [-0.2, -0.15) is 15.1 Å². The van der Waals surface area contributed by atoms with Crippen LogP contribution in [0.4, 0.5) is 5.82 Å². The van der Waals surface area contributed by atoms with Crippen LogP contribution < -0.4 is 10.1 Å². The molecule has 0 saturated carbocycles. The van der Waals surface area contributed by atoms with Gasteiger partial charge in [-0.05, 0) is 35.8 Å². The van der Waals surface area contributed by atoms with Gasteiger partial charge < -0.3 is 10.1 Å². The van der Waals surface area contributed by atoms with E-state index in [4.69, 9.17) is 16.3 Å². The number of halogens is 1. The maximum absolute atomic E-state index is 10.7. The van der Waals surface area contributed by atoms with Gasteiger partial charge >= 0.3 is 0 Å². The predicted molar refractivity (Wildman–Crippen MR) is 114 cm³/mol. The molecule has 0 bridgehead atoms. The maximum atomic E-state index is 10.7. The third kappa shape index (κ3) is 5.00. The Hall–Kier alpha value is -3.19. The highest BCUT2D eigenvalue weighted by molar-refractivity contribution is 6.29. The Bertz CT molecular complexity index is 1010. The van der Waals surface area contributed by atoms with Gasteiger partial charge in [-0.25, -0.2) is 4.68 Å². The van der Waals surface area contributed by atoms with Gasteiger partial charge in [-0.3, -0.25) is 4.79 Å². The quantitative estimate of drug-likeness (QED) is 0.338. The normalized spacial score (nSPS) is 11.2. The number of hydrogen-bond donors (Lipinski definition) is 1. The minimum absolute atomic E-state index is 0.141. The first kappa shape index (κ1) is 20.5. The zero-order chi connectivity index (χ0) is 20.8. The van der Waals surface area contributed by atoms with Crippen molar-refractivity contribution in [3.05, 3.63) is 64.6 Å². The van der Waals surface area contributed by atoms with Crippen molar-refractivity contribution in [3.8, 4) is 11.7 Å². The lowest BCUT2D eigenvalue weighted by Gasteiger charge is -2.12. The van der Waals surface area contributed by atoms with Gasteiger partial charge in [0.15, 0.2) is 0 Å². The fourth-order valence-corrected chi connectivity index (χ4v) is 3.09. The van der Waals surface area contributed by atoms with E-state index >= 15 is 0 Å². The molecule has 0 fully saturated rings. The molecule has 0 aliphatic carbocycles. The number of benzene rings is 1. The van der Waals surface area contributed by atoms with Gasteiger partial charge in [0.1, 0.15) is 23.0 Å². The summed E-state index contributed by atoms with van der Waals surface area (Å²) in [6.45, 7) is 4.65. The number of carbonyl (C=O) groups excluding carboxylic acids is 1. The molecule has 3 rings (SSSR count). The summed E-state index contributed by atoms with van der Waals surface area (Å²) >= 11 is 6.23. The van der Waals surface area contributed by atoms with Crippen molar-refractivity contribution < 1.29 is 9.53 Å². The lowest BCUT2D eigenvalue weighted by Crippen LogP contribution is -2.11. The van der Waals surface area contributed by atoms with Crippen LogP contribution in [0.15, 0.2) is 42.6 Å². The average molecular weight is 412 g/mol. The number of aromatic nitrogens is 4. The molecule has 0 spiro atoms. The molecule has 150 valence electrons. The zero-order valence-corrected chi connectivity index (χ0v) is 17.2. The number of allylic oxidation sites excluding steroid dienone is 1. The van der Waals surface area contributed by atoms with Crippen LogP contribution in [0.1, 0.15) is 36.6 Å². The van der Waals surface area contributed by atoms with Gasteiger partial charge in [0.2, 0.25) is 0 Å². The van der Waals surface area contributed by atoms with Gasteiger partial charge in [0.05, 0.1) is 19.0 Å². The highest BCUT2D eigenvalue weighted by Crippen LogP contribution is 2.24. The van der Waals surface area contributed by atoms with E-state index in [9.17, 15) is 4.79 Å². The number of hydrogen-bond acceptors (Lipinski definition) is 6. The number of rotatable bonds is 8. The fourth-order valence-electron chi connectivity index (χ4n) is 2.91. The van der Waals surface area contributed by atoms with Crippen LogP contribution in [-0.2, 0) is 11.3 Å². The Balaban J connectivity index is 1.88. The Morgan fingerprint density at radius 1 is 1.24 bits per heavy atom. The molecular weight excluding hydrogens is 390 g/mol. The highest BCUT2D eigenvalue weighted by atomic mass is 35.5.